The Morgan fingerprint density at radius 3 is 2.56 bits per heavy atom. The second-order valence-electron chi connectivity index (χ2n) is 4.94. The number of ether oxygens (including phenoxy) is 1. The summed E-state index contributed by atoms with van der Waals surface area (Å²) in [5, 5.41) is 2.34. The first-order valence-electron chi connectivity index (χ1n) is 5.94. The molecule has 0 spiro atoms. The molecule has 1 rings (SSSR count). The van der Waals surface area contributed by atoms with Crippen LogP contribution >= 0.6 is 0 Å². The molecule has 0 aromatic rings. The third kappa shape index (κ3) is 2.23. The second-order valence-corrected chi connectivity index (χ2v) is 4.94. The molecule has 2 unspecified atom stereocenters. The number of amides is 1. The fraction of sp³-hybridized carbons (Fsp3) is 0.750. The van der Waals surface area contributed by atoms with Crippen LogP contribution in [0.2, 0.25) is 0 Å². The van der Waals surface area contributed by atoms with Crippen LogP contribution in [0.1, 0.15) is 34.6 Å². The molecule has 0 saturated heterocycles. The van der Waals surface area contributed by atoms with E-state index in [9.17, 15) is 14.0 Å². The van der Waals surface area contributed by atoms with Gasteiger partial charge in [0.25, 0.3) is 11.6 Å². The first kappa shape index (κ1) is 14.6. The van der Waals surface area contributed by atoms with Crippen molar-refractivity contribution in [2.75, 3.05) is 6.61 Å². The van der Waals surface area contributed by atoms with Crippen LogP contribution in [0, 0.1) is 5.92 Å². The van der Waals surface area contributed by atoms with E-state index in [1.807, 2.05) is 13.8 Å². The minimum Gasteiger partial charge on any atom is -0.463 e. The monoisotopic (exact) mass is 258 g/mol. The molecule has 102 valence electrons. The lowest BCUT2D eigenvalue weighted by atomic mass is 9.89. The normalized spacial score (nSPS) is 26.6. The largest absolute Gasteiger partial charge is 0.463 e. The van der Waals surface area contributed by atoms with E-state index >= 15 is 0 Å². The van der Waals surface area contributed by atoms with Crippen molar-refractivity contribution in [1.82, 2.24) is 5.32 Å². The zero-order valence-electron chi connectivity index (χ0n) is 11.3. The molecule has 2 atom stereocenters. The van der Waals surface area contributed by atoms with Gasteiger partial charge in [0, 0.05) is 0 Å². The molecule has 1 aliphatic heterocycles. The van der Waals surface area contributed by atoms with Crippen molar-refractivity contribution in [1.29, 1.82) is 0 Å². The van der Waals surface area contributed by atoms with E-state index in [2.05, 4.69) is 15.0 Å². The van der Waals surface area contributed by atoms with Crippen molar-refractivity contribution in [3.05, 3.63) is 0 Å². The summed E-state index contributed by atoms with van der Waals surface area (Å²) in [6, 6.07) is 0. The Balaban J connectivity index is 3.06. The molecule has 0 radical (unpaired) electrons. The molecule has 0 aliphatic carbocycles. The summed E-state index contributed by atoms with van der Waals surface area (Å²) >= 11 is 0. The Labute approximate surface area is 106 Å². The molecule has 5 nitrogen and oxygen atoms in total. The van der Waals surface area contributed by atoms with Crippen molar-refractivity contribution >= 4 is 17.7 Å². The minimum absolute atomic E-state index is 0.0705. The number of aliphatic imine (C=N–C) groups is 1. The van der Waals surface area contributed by atoms with Gasteiger partial charge >= 0.3 is 5.97 Å². The maximum absolute atomic E-state index is 14.3. The van der Waals surface area contributed by atoms with Gasteiger partial charge in [-0.2, -0.15) is 0 Å². The SMILES string of the molecule is CCOC(=O)C(C)(F)C1=NC(C)(C(C)C)C(=O)N1. The molecule has 1 heterocycles. The van der Waals surface area contributed by atoms with Gasteiger partial charge in [-0.3, -0.25) is 9.79 Å². The fourth-order valence-electron chi connectivity index (χ4n) is 1.52. The second kappa shape index (κ2) is 4.66. The lowest BCUT2D eigenvalue weighted by Crippen LogP contribution is -2.48. The maximum Gasteiger partial charge on any atom is 0.351 e. The third-order valence-corrected chi connectivity index (χ3v) is 3.26. The standard InChI is InChI=1S/C12H19FN2O3/c1-6-18-10(17)11(4,13)8-14-9(16)12(5,15-8)7(2)3/h7H,6H2,1-5H3,(H,14,15,16). The van der Waals surface area contributed by atoms with Crippen LogP contribution in [-0.4, -0.2) is 35.5 Å². The highest BCUT2D eigenvalue weighted by atomic mass is 19.1. The molecule has 0 bridgehead atoms. The van der Waals surface area contributed by atoms with Gasteiger partial charge in [-0.25, -0.2) is 9.18 Å². The number of halogens is 1. The van der Waals surface area contributed by atoms with Crippen LogP contribution in [0.3, 0.4) is 0 Å². The number of nitrogens with zero attached hydrogens (tertiary/aromatic N) is 1. The van der Waals surface area contributed by atoms with Crippen molar-refractivity contribution in [2.45, 2.75) is 45.8 Å². The van der Waals surface area contributed by atoms with Gasteiger partial charge in [0.1, 0.15) is 5.54 Å². The van der Waals surface area contributed by atoms with Gasteiger partial charge in [-0.15, -0.1) is 0 Å². The predicted octanol–water partition coefficient (Wildman–Crippen LogP) is 1.22. The number of carbonyl (C=O) groups excluding carboxylic acids is 2. The van der Waals surface area contributed by atoms with Crippen LogP contribution in [0.5, 0.6) is 0 Å². The van der Waals surface area contributed by atoms with Crippen molar-refractivity contribution < 1.29 is 18.7 Å². The number of amidine groups is 1. The third-order valence-electron chi connectivity index (χ3n) is 3.26. The van der Waals surface area contributed by atoms with Gasteiger partial charge in [-0.1, -0.05) is 13.8 Å². The Morgan fingerprint density at radius 1 is 1.61 bits per heavy atom. The quantitative estimate of drug-likeness (QED) is 0.771. The van der Waals surface area contributed by atoms with E-state index in [1.165, 1.54) is 0 Å². The fourth-order valence-corrected chi connectivity index (χ4v) is 1.52. The lowest BCUT2D eigenvalue weighted by Gasteiger charge is -2.21. The topological polar surface area (TPSA) is 67.8 Å². The number of hydrogen-bond acceptors (Lipinski definition) is 4. The Hall–Kier alpha value is -1.46. The van der Waals surface area contributed by atoms with Crippen molar-refractivity contribution in [3.63, 3.8) is 0 Å². The van der Waals surface area contributed by atoms with Gasteiger partial charge in [0.05, 0.1) is 6.61 Å². The summed E-state index contributed by atoms with van der Waals surface area (Å²) in [4.78, 5) is 27.4. The van der Waals surface area contributed by atoms with Gasteiger partial charge < -0.3 is 10.1 Å². The number of rotatable bonds is 4. The van der Waals surface area contributed by atoms with E-state index in [0.29, 0.717) is 0 Å². The molecule has 0 aromatic heterocycles. The molecule has 6 heteroatoms. The zero-order valence-corrected chi connectivity index (χ0v) is 11.3. The van der Waals surface area contributed by atoms with Gasteiger partial charge in [0.2, 0.25) is 0 Å². The number of esters is 1. The van der Waals surface area contributed by atoms with E-state index in [1.54, 1.807) is 13.8 Å². The summed E-state index contributed by atoms with van der Waals surface area (Å²) in [5.74, 6) is -1.83. The summed E-state index contributed by atoms with van der Waals surface area (Å²) in [5.41, 5.74) is -3.48. The van der Waals surface area contributed by atoms with E-state index < -0.39 is 23.1 Å². The maximum atomic E-state index is 14.3. The molecule has 0 saturated carbocycles. The lowest BCUT2D eigenvalue weighted by molar-refractivity contribution is -0.151. The molecule has 0 aromatic carbocycles. The highest BCUT2D eigenvalue weighted by Gasteiger charge is 2.50. The molecular weight excluding hydrogens is 239 g/mol. The smallest absolute Gasteiger partial charge is 0.351 e. The van der Waals surface area contributed by atoms with Crippen LogP contribution in [-0.2, 0) is 14.3 Å². The van der Waals surface area contributed by atoms with E-state index in [0.717, 1.165) is 6.92 Å². The molecule has 18 heavy (non-hydrogen) atoms. The Kier molecular flexibility index (Phi) is 3.78. The Morgan fingerprint density at radius 2 is 2.17 bits per heavy atom. The van der Waals surface area contributed by atoms with Gasteiger partial charge in [0.15, 0.2) is 5.84 Å². The number of hydrogen-bond donors (Lipinski definition) is 1. The van der Waals surface area contributed by atoms with Crippen LogP contribution in [0.15, 0.2) is 4.99 Å². The molecule has 1 N–H and O–H groups in total. The number of carbonyl (C=O) groups is 2. The number of nitrogens with one attached hydrogen (secondary N) is 1. The average Bonchev–Trinajstić information content (AvgIpc) is 2.57. The molecule has 0 fully saturated rings. The summed E-state index contributed by atoms with van der Waals surface area (Å²) in [6.07, 6.45) is 0. The van der Waals surface area contributed by atoms with Crippen LogP contribution in [0.4, 0.5) is 4.39 Å². The first-order valence-corrected chi connectivity index (χ1v) is 5.94. The highest BCUT2D eigenvalue weighted by Crippen LogP contribution is 2.29. The van der Waals surface area contributed by atoms with Crippen molar-refractivity contribution in [3.8, 4) is 0 Å². The first-order chi connectivity index (χ1) is 8.16. The summed E-state index contributed by atoms with van der Waals surface area (Å²) in [7, 11) is 0. The Bertz CT molecular complexity index is 404. The zero-order chi connectivity index (χ0) is 14.1. The number of alkyl halides is 1. The molecular formula is C12H19FN2O3. The van der Waals surface area contributed by atoms with E-state index in [4.69, 9.17) is 0 Å². The molecule has 1 amide bonds. The van der Waals surface area contributed by atoms with Crippen LogP contribution in [0.25, 0.3) is 0 Å². The van der Waals surface area contributed by atoms with E-state index in [-0.39, 0.29) is 18.4 Å². The minimum atomic E-state index is -2.43. The van der Waals surface area contributed by atoms with Crippen LogP contribution < -0.4 is 5.32 Å². The summed E-state index contributed by atoms with van der Waals surface area (Å²) in [6.45, 7) is 7.93. The predicted molar refractivity (Wildman–Crippen MR) is 65.0 cm³/mol. The van der Waals surface area contributed by atoms with Gasteiger partial charge in [-0.05, 0) is 26.7 Å². The van der Waals surface area contributed by atoms with Crippen molar-refractivity contribution in [2.24, 2.45) is 10.9 Å². The average molecular weight is 258 g/mol. The highest BCUT2D eigenvalue weighted by molar-refractivity contribution is 6.18. The molecule has 1 aliphatic rings. The summed E-state index contributed by atoms with van der Waals surface area (Å²) < 4.78 is 19.0.